The van der Waals surface area contributed by atoms with Crippen molar-refractivity contribution in [2.75, 3.05) is 26.2 Å². The van der Waals surface area contributed by atoms with Crippen molar-refractivity contribution >= 4 is 5.91 Å². The molecule has 0 unspecified atom stereocenters. The summed E-state index contributed by atoms with van der Waals surface area (Å²) in [5, 5.41) is 0. The Morgan fingerprint density at radius 2 is 1.95 bits per heavy atom. The van der Waals surface area contributed by atoms with E-state index in [-0.39, 0.29) is 19.1 Å². The average molecular weight is 278 g/mol. The van der Waals surface area contributed by atoms with Gasteiger partial charge in [0.15, 0.2) is 0 Å². The quantitative estimate of drug-likeness (QED) is 0.897. The van der Waals surface area contributed by atoms with Crippen LogP contribution in [0.1, 0.15) is 23.2 Å². The predicted octanol–water partition coefficient (Wildman–Crippen LogP) is 2.11. The minimum absolute atomic E-state index is 0.0447. The van der Waals surface area contributed by atoms with Gasteiger partial charge in [0.1, 0.15) is 18.2 Å². The fourth-order valence-electron chi connectivity index (χ4n) is 2.14. The fraction of sp³-hybridized carbons (Fsp3) is 0.400. The molecule has 1 amide bonds. The van der Waals surface area contributed by atoms with E-state index >= 15 is 0 Å². The SMILES string of the molecule is NC/C=C(\F)COc1ccc(C(=O)N2CCCC2)cc1. The molecule has 0 radical (unpaired) electrons. The first-order valence-corrected chi connectivity index (χ1v) is 6.77. The molecule has 0 bridgehead atoms. The van der Waals surface area contributed by atoms with E-state index < -0.39 is 5.83 Å². The number of amides is 1. The van der Waals surface area contributed by atoms with Crippen LogP contribution in [0, 0.1) is 0 Å². The Hall–Kier alpha value is -1.88. The monoisotopic (exact) mass is 278 g/mol. The van der Waals surface area contributed by atoms with Gasteiger partial charge in [-0.3, -0.25) is 4.79 Å². The lowest BCUT2D eigenvalue weighted by Crippen LogP contribution is -2.27. The molecule has 2 rings (SSSR count). The van der Waals surface area contributed by atoms with E-state index in [1.165, 1.54) is 6.08 Å². The largest absolute Gasteiger partial charge is 0.487 e. The van der Waals surface area contributed by atoms with Crippen LogP contribution >= 0.6 is 0 Å². The summed E-state index contributed by atoms with van der Waals surface area (Å²) in [5.41, 5.74) is 5.83. The lowest BCUT2D eigenvalue weighted by Gasteiger charge is -2.15. The van der Waals surface area contributed by atoms with E-state index in [1.54, 1.807) is 24.3 Å². The number of hydrogen-bond acceptors (Lipinski definition) is 3. The van der Waals surface area contributed by atoms with Gasteiger partial charge in [-0.05, 0) is 43.2 Å². The van der Waals surface area contributed by atoms with Gasteiger partial charge in [0, 0.05) is 25.2 Å². The molecule has 1 aromatic rings. The summed E-state index contributed by atoms with van der Waals surface area (Å²) in [6, 6.07) is 6.78. The minimum atomic E-state index is -0.398. The molecule has 2 N–H and O–H groups in total. The van der Waals surface area contributed by atoms with Crippen LogP contribution in [0.4, 0.5) is 4.39 Å². The standard InChI is InChI=1S/C15H19FN2O2/c16-13(7-8-17)11-20-14-5-3-12(4-6-14)15(19)18-9-1-2-10-18/h3-7H,1-2,8-11,17H2/b13-7-. The summed E-state index contributed by atoms with van der Waals surface area (Å²) in [5.74, 6) is 0.177. The number of likely N-dealkylation sites (tertiary alicyclic amines) is 1. The zero-order chi connectivity index (χ0) is 14.4. The molecule has 1 aliphatic rings. The predicted molar refractivity (Wildman–Crippen MR) is 75.3 cm³/mol. The van der Waals surface area contributed by atoms with Crippen LogP contribution in [0.2, 0.25) is 0 Å². The molecule has 1 heterocycles. The molecular weight excluding hydrogens is 259 g/mol. The summed E-state index contributed by atoms with van der Waals surface area (Å²) in [4.78, 5) is 14.0. The lowest BCUT2D eigenvalue weighted by atomic mass is 10.2. The number of ether oxygens (including phenoxy) is 1. The molecule has 1 saturated heterocycles. The highest BCUT2D eigenvalue weighted by molar-refractivity contribution is 5.94. The molecular formula is C15H19FN2O2. The van der Waals surface area contributed by atoms with Gasteiger partial charge in [-0.15, -0.1) is 0 Å². The van der Waals surface area contributed by atoms with Crippen molar-refractivity contribution in [3.05, 3.63) is 41.7 Å². The van der Waals surface area contributed by atoms with Crippen LogP contribution < -0.4 is 10.5 Å². The average Bonchev–Trinajstić information content (AvgIpc) is 2.99. The maximum Gasteiger partial charge on any atom is 0.253 e. The molecule has 4 nitrogen and oxygen atoms in total. The van der Waals surface area contributed by atoms with E-state index in [2.05, 4.69) is 0 Å². The van der Waals surface area contributed by atoms with Gasteiger partial charge in [-0.25, -0.2) is 4.39 Å². The maximum absolute atomic E-state index is 13.1. The smallest absolute Gasteiger partial charge is 0.253 e. The summed E-state index contributed by atoms with van der Waals surface area (Å²) in [6.07, 6.45) is 3.41. The molecule has 108 valence electrons. The van der Waals surface area contributed by atoms with Gasteiger partial charge >= 0.3 is 0 Å². The molecule has 5 heteroatoms. The van der Waals surface area contributed by atoms with E-state index in [4.69, 9.17) is 10.5 Å². The molecule has 1 fully saturated rings. The first-order chi connectivity index (χ1) is 9.70. The van der Waals surface area contributed by atoms with E-state index in [1.807, 2.05) is 4.90 Å². The number of nitrogens with zero attached hydrogens (tertiary/aromatic N) is 1. The third-order valence-electron chi connectivity index (χ3n) is 3.21. The fourth-order valence-corrected chi connectivity index (χ4v) is 2.14. The Balaban J connectivity index is 1.92. The molecule has 0 atom stereocenters. The number of carbonyl (C=O) groups excluding carboxylic acids is 1. The minimum Gasteiger partial charge on any atom is -0.487 e. The highest BCUT2D eigenvalue weighted by atomic mass is 19.1. The first kappa shape index (κ1) is 14.5. The molecule has 1 aliphatic heterocycles. The molecule has 0 spiro atoms. The van der Waals surface area contributed by atoms with Crippen LogP contribution in [-0.2, 0) is 0 Å². The van der Waals surface area contributed by atoms with E-state index in [0.717, 1.165) is 25.9 Å². The highest BCUT2D eigenvalue weighted by Gasteiger charge is 2.19. The Bertz CT molecular complexity index is 479. The van der Waals surface area contributed by atoms with Crippen molar-refractivity contribution in [1.29, 1.82) is 0 Å². The highest BCUT2D eigenvalue weighted by Crippen LogP contribution is 2.17. The Labute approximate surface area is 118 Å². The number of benzene rings is 1. The van der Waals surface area contributed by atoms with Gasteiger partial charge < -0.3 is 15.4 Å². The summed E-state index contributed by atoms with van der Waals surface area (Å²) >= 11 is 0. The summed E-state index contributed by atoms with van der Waals surface area (Å²) in [6.45, 7) is 1.66. The van der Waals surface area contributed by atoms with Gasteiger partial charge in [0.2, 0.25) is 0 Å². The van der Waals surface area contributed by atoms with E-state index in [9.17, 15) is 9.18 Å². The first-order valence-electron chi connectivity index (χ1n) is 6.77. The van der Waals surface area contributed by atoms with Gasteiger partial charge in [0.25, 0.3) is 5.91 Å². The van der Waals surface area contributed by atoms with Crippen molar-refractivity contribution in [3.8, 4) is 5.75 Å². The van der Waals surface area contributed by atoms with Crippen LogP contribution in [-0.4, -0.2) is 37.0 Å². The molecule has 0 aromatic heterocycles. The molecule has 1 aromatic carbocycles. The maximum atomic E-state index is 13.1. The normalized spacial score (nSPS) is 15.5. The number of halogens is 1. The third-order valence-corrected chi connectivity index (χ3v) is 3.21. The Morgan fingerprint density at radius 1 is 1.30 bits per heavy atom. The van der Waals surface area contributed by atoms with Crippen molar-refractivity contribution in [2.24, 2.45) is 5.73 Å². The number of carbonyl (C=O) groups is 1. The Morgan fingerprint density at radius 3 is 2.55 bits per heavy atom. The van der Waals surface area contributed by atoms with Crippen LogP contribution in [0.25, 0.3) is 0 Å². The van der Waals surface area contributed by atoms with Crippen molar-refractivity contribution < 1.29 is 13.9 Å². The van der Waals surface area contributed by atoms with Gasteiger partial charge in [-0.1, -0.05) is 0 Å². The number of hydrogen-bond donors (Lipinski definition) is 1. The topological polar surface area (TPSA) is 55.6 Å². The third kappa shape index (κ3) is 3.81. The van der Waals surface area contributed by atoms with E-state index in [0.29, 0.717) is 11.3 Å². The van der Waals surface area contributed by atoms with Gasteiger partial charge in [-0.2, -0.15) is 0 Å². The Kier molecular flexibility index (Phi) is 5.12. The second-order valence-electron chi connectivity index (χ2n) is 4.70. The number of nitrogens with two attached hydrogens (primary N) is 1. The second kappa shape index (κ2) is 7.05. The van der Waals surface area contributed by atoms with Crippen molar-refractivity contribution in [2.45, 2.75) is 12.8 Å². The van der Waals surface area contributed by atoms with Crippen LogP contribution in [0.15, 0.2) is 36.2 Å². The van der Waals surface area contributed by atoms with Crippen LogP contribution in [0.3, 0.4) is 0 Å². The van der Waals surface area contributed by atoms with Crippen LogP contribution in [0.5, 0.6) is 5.75 Å². The molecule has 20 heavy (non-hydrogen) atoms. The summed E-state index contributed by atoms with van der Waals surface area (Å²) in [7, 11) is 0. The summed E-state index contributed by atoms with van der Waals surface area (Å²) < 4.78 is 18.4. The van der Waals surface area contributed by atoms with Crippen molar-refractivity contribution in [3.63, 3.8) is 0 Å². The molecule has 0 saturated carbocycles. The van der Waals surface area contributed by atoms with Crippen molar-refractivity contribution in [1.82, 2.24) is 4.90 Å². The second-order valence-corrected chi connectivity index (χ2v) is 4.70. The number of rotatable bonds is 5. The van der Waals surface area contributed by atoms with Gasteiger partial charge in [0.05, 0.1) is 0 Å². The molecule has 0 aliphatic carbocycles. The lowest BCUT2D eigenvalue weighted by molar-refractivity contribution is 0.0793. The zero-order valence-corrected chi connectivity index (χ0v) is 11.3. The zero-order valence-electron chi connectivity index (χ0n) is 11.3.